The molecule has 0 heterocycles. The summed E-state index contributed by atoms with van der Waals surface area (Å²) in [5, 5.41) is 3.59. The number of hydrogen-bond donors (Lipinski definition) is 1. The van der Waals surface area contributed by atoms with Gasteiger partial charge in [0.2, 0.25) is 21.8 Å². The zero-order valence-corrected chi connectivity index (χ0v) is 22.6. The third-order valence-electron chi connectivity index (χ3n) is 5.32. The smallest absolute Gasteiger partial charge is 0.244 e. The van der Waals surface area contributed by atoms with Crippen molar-refractivity contribution in [2.75, 3.05) is 30.8 Å². The Morgan fingerprint density at radius 3 is 2.37 bits per heavy atom. The summed E-state index contributed by atoms with van der Waals surface area (Å²) in [5.74, 6) is -0.590. The zero-order chi connectivity index (χ0) is 26.2. The molecule has 1 unspecified atom stereocenters. The van der Waals surface area contributed by atoms with Gasteiger partial charge in [-0.1, -0.05) is 55.2 Å². The highest BCUT2D eigenvalue weighted by Crippen LogP contribution is 2.30. The summed E-state index contributed by atoms with van der Waals surface area (Å²) in [7, 11) is -2.45. The molecule has 0 fully saturated rings. The number of sulfonamides is 1. The normalized spacial score (nSPS) is 12.1. The van der Waals surface area contributed by atoms with Crippen LogP contribution in [0.15, 0.2) is 42.5 Å². The maximum absolute atomic E-state index is 13.7. The molecule has 1 atom stereocenters. The number of nitrogens with one attached hydrogen (secondary N) is 1. The van der Waals surface area contributed by atoms with Crippen molar-refractivity contribution in [3.05, 3.63) is 58.1 Å². The first-order valence-electron chi connectivity index (χ1n) is 11.1. The van der Waals surface area contributed by atoms with E-state index in [-0.39, 0.29) is 18.1 Å². The first-order valence-corrected chi connectivity index (χ1v) is 13.8. The molecule has 2 aromatic rings. The Morgan fingerprint density at radius 2 is 1.80 bits per heavy atom. The van der Waals surface area contributed by atoms with Crippen LogP contribution in [0, 0.1) is 0 Å². The van der Waals surface area contributed by atoms with Gasteiger partial charge in [0, 0.05) is 23.1 Å². The number of halogens is 2. The molecule has 2 rings (SSSR count). The fourth-order valence-corrected chi connectivity index (χ4v) is 4.87. The first-order chi connectivity index (χ1) is 16.5. The summed E-state index contributed by atoms with van der Waals surface area (Å²) in [6.07, 6.45) is 2.06. The van der Waals surface area contributed by atoms with Crippen LogP contribution in [0.2, 0.25) is 10.0 Å². The van der Waals surface area contributed by atoms with Gasteiger partial charge in [0.05, 0.1) is 19.1 Å². The Kier molecular flexibility index (Phi) is 10.7. The molecule has 8 nitrogen and oxygen atoms in total. The number of benzene rings is 2. The highest BCUT2D eigenvalue weighted by molar-refractivity contribution is 7.92. The molecule has 11 heteroatoms. The van der Waals surface area contributed by atoms with Gasteiger partial charge in [-0.2, -0.15) is 0 Å². The minimum Gasteiger partial charge on any atom is -0.495 e. The molecule has 0 radical (unpaired) electrons. The van der Waals surface area contributed by atoms with E-state index >= 15 is 0 Å². The molecule has 1 N–H and O–H groups in total. The molecule has 2 amide bonds. The number of ether oxygens (including phenoxy) is 1. The molecule has 0 aliphatic carbocycles. The number of nitrogens with zero attached hydrogens (tertiary/aromatic N) is 2. The van der Waals surface area contributed by atoms with E-state index in [1.54, 1.807) is 49.4 Å². The maximum atomic E-state index is 13.7. The lowest BCUT2D eigenvalue weighted by molar-refractivity contribution is -0.140. The number of para-hydroxylation sites is 2. The third kappa shape index (κ3) is 7.75. The topological polar surface area (TPSA) is 96.0 Å². The van der Waals surface area contributed by atoms with Crippen LogP contribution in [-0.2, 0) is 26.2 Å². The van der Waals surface area contributed by atoms with Gasteiger partial charge in [-0.25, -0.2) is 8.42 Å². The van der Waals surface area contributed by atoms with Gasteiger partial charge < -0.3 is 15.0 Å². The van der Waals surface area contributed by atoms with E-state index in [4.69, 9.17) is 27.9 Å². The van der Waals surface area contributed by atoms with Crippen LogP contribution in [0.25, 0.3) is 0 Å². The van der Waals surface area contributed by atoms with Crippen molar-refractivity contribution in [2.24, 2.45) is 0 Å². The van der Waals surface area contributed by atoms with Crippen LogP contribution >= 0.6 is 23.2 Å². The minimum atomic E-state index is -3.87. The van der Waals surface area contributed by atoms with Gasteiger partial charge in [-0.3, -0.25) is 13.9 Å². The average Bonchev–Trinajstić information content (AvgIpc) is 2.81. The van der Waals surface area contributed by atoms with Crippen molar-refractivity contribution in [3.8, 4) is 5.75 Å². The first kappa shape index (κ1) is 28.7. The van der Waals surface area contributed by atoms with Crippen LogP contribution < -0.4 is 14.4 Å². The van der Waals surface area contributed by atoms with Crippen molar-refractivity contribution >= 4 is 50.7 Å². The van der Waals surface area contributed by atoms with E-state index < -0.39 is 28.5 Å². The molecule has 0 aromatic heterocycles. The van der Waals surface area contributed by atoms with Crippen molar-refractivity contribution in [2.45, 2.75) is 39.3 Å². The molecule has 0 saturated carbocycles. The summed E-state index contributed by atoms with van der Waals surface area (Å²) in [5.41, 5.74) is 0.799. The maximum Gasteiger partial charge on any atom is 0.244 e. The van der Waals surface area contributed by atoms with Crippen molar-refractivity contribution < 1.29 is 22.7 Å². The number of hydrogen-bond acceptors (Lipinski definition) is 5. The highest BCUT2D eigenvalue weighted by Gasteiger charge is 2.32. The molecule has 35 heavy (non-hydrogen) atoms. The summed E-state index contributed by atoms with van der Waals surface area (Å²) >= 11 is 12.4. The number of rotatable bonds is 12. The highest BCUT2D eigenvalue weighted by atomic mass is 35.5. The molecule has 2 aromatic carbocycles. The van der Waals surface area contributed by atoms with Gasteiger partial charge in [0.25, 0.3) is 0 Å². The summed E-state index contributed by atoms with van der Waals surface area (Å²) < 4.78 is 31.7. The Labute approximate surface area is 217 Å². The van der Waals surface area contributed by atoms with Crippen LogP contribution in [-0.4, -0.2) is 57.6 Å². The van der Waals surface area contributed by atoms with Crippen molar-refractivity contribution in [1.29, 1.82) is 0 Å². The van der Waals surface area contributed by atoms with Crippen LogP contribution in [0.3, 0.4) is 0 Å². The molecule has 0 spiro atoms. The second-order valence-corrected chi connectivity index (χ2v) is 10.7. The summed E-state index contributed by atoms with van der Waals surface area (Å²) in [4.78, 5) is 28.0. The third-order valence-corrected chi connectivity index (χ3v) is 7.04. The zero-order valence-electron chi connectivity index (χ0n) is 20.3. The molecule has 0 aliphatic rings. The molecular weight excluding hydrogens is 513 g/mol. The molecule has 192 valence electrons. The number of methoxy groups -OCH3 is 1. The van der Waals surface area contributed by atoms with Gasteiger partial charge in [-0.05, 0) is 42.7 Å². The Hall–Kier alpha value is -2.49. The Balaban J connectivity index is 2.49. The van der Waals surface area contributed by atoms with E-state index in [1.807, 2.05) is 6.92 Å². The number of anilines is 1. The fraction of sp³-hybridized carbons (Fsp3) is 0.417. The molecule has 0 bridgehead atoms. The van der Waals surface area contributed by atoms with Gasteiger partial charge in [0.1, 0.15) is 18.3 Å². The second kappa shape index (κ2) is 13.0. The number of amides is 2. The monoisotopic (exact) mass is 543 g/mol. The van der Waals surface area contributed by atoms with E-state index in [2.05, 4.69) is 5.32 Å². The SMILES string of the molecule is CCCNC(=O)C(CC)N(Cc1ccc(Cl)cc1Cl)C(=O)CN(c1ccccc1OC)S(C)(=O)=O. The number of carbonyl (C=O) groups is 2. The lowest BCUT2D eigenvalue weighted by Crippen LogP contribution is -2.52. The fourth-order valence-electron chi connectivity index (χ4n) is 3.55. The molecular formula is C24H31Cl2N3O5S. The van der Waals surface area contributed by atoms with Gasteiger partial charge in [0.15, 0.2) is 0 Å². The molecule has 0 saturated heterocycles. The predicted octanol–water partition coefficient (Wildman–Crippen LogP) is 4.10. The summed E-state index contributed by atoms with van der Waals surface area (Å²) in [6, 6.07) is 10.5. The van der Waals surface area contributed by atoms with Crippen molar-refractivity contribution in [1.82, 2.24) is 10.2 Å². The standard InChI is InChI=1S/C24H31Cl2N3O5S/c1-5-13-27-24(31)20(6-2)28(15-17-11-12-18(25)14-19(17)26)23(30)16-29(35(4,32)33)21-9-7-8-10-22(21)34-3/h7-12,14,20H,5-6,13,15-16H2,1-4H3,(H,27,31). The Morgan fingerprint density at radius 1 is 1.11 bits per heavy atom. The summed E-state index contributed by atoms with van der Waals surface area (Å²) in [6.45, 7) is 3.64. The van der Waals surface area contributed by atoms with Crippen LogP contribution in [0.5, 0.6) is 5.75 Å². The van der Waals surface area contributed by atoms with Crippen LogP contribution in [0.1, 0.15) is 32.3 Å². The van der Waals surface area contributed by atoms with Gasteiger partial charge in [-0.15, -0.1) is 0 Å². The van der Waals surface area contributed by atoms with E-state index in [0.29, 0.717) is 34.3 Å². The average molecular weight is 545 g/mol. The predicted molar refractivity (Wildman–Crippen MR) is 140 cm³/mol. The lowest BCUT2D eigenvalue weighted by Gasteiger charge is -2.33. The van der Waals surface area contributed by atoms with E-state index in [0.717, 1.165) is 17.0 Å². The van der Waals surface area contributed by atoms with E-state index in [9.17, 15) is 18.0 Å². The quantitative estimate of drug-likeness (QED) is 0.434. The van der Waals surface area contributed by atoms with Crippen LogP contribution in [0.4, 0.5) is 5.69 Å². The lowest BCUT2D eigenvalue weighted by atomic mass is 10.1. The number of carbonyl (C=O) groups excluding carboxylic acids is 2. The van der Waals surface area contributed by atoms with E-state index in [1.165, 1.54) is 12.0 Å². The second-order valence-electron chi connectivity index (χ2n) is 7.91. The Bertz CT molecular complexity index is 1140. The van der Waals surface area contributed by atoms with Gasteiger partial charge >= 0.3 is 0 Å². The molecule has 0 aliphatic heterocycles. The van der Waals surface area contributed by atoms with Crippen molar-refractivity contribution in [3.63, 3.8) is 0 Å². The largest absolute Gasteiger partial charge is 0.495 e. The minimum absolute atomic E-state index is 0.00356.